The second kappa shape index (κ2) is 6.11. The van der Waals surface area contributed by atoms with E-state index in [-0.39, 0.29) is 12.6 Å². The first-order chi connectivity index (χ1) is 8.09. The Labute approximate surface area is 112 Å². The third-order valence-corrected chi connectivity index (χ3v) is 5.44. The molecule has 0 amide bonds. The predicted molar refractivity (Wildman–Crippen MR) is 83.4 cm³/mol. The lowest BCUT2D eigenvalue weighted by Crippen LogP contribution is -2.27. The Kier molecular flexibility index (Phi) is 5.04. The van der Waals surface area contributed by atoms with Crippen LogP contribution >= 0.6 is 7.92 Å². The fraction of sp³-hybridized carbons (Fsp3) is 0.312. The minimum absolute atomic E-state index is 0. The van der Waals surface area contributed by atoms with Gasteiger partial charge in [-0.15, -0.1) is 0 Å². The van der Waals surface area contributed by atoms with E-state index >= 15 is 0 Å². The van der Waals surface area contributed by atoms with E-state index in [0.717, 1.165) is 0 Å². The zero-order valence-electron chi connectivity index (χ0n) is 10.6. The Morgan fingerprint density at radius 2 is 1.50 bits per heavy atom. The second-order valence-corrected chi connectivity index (χ2v) is 8.02. The maximum atomic E-state index is 4.55. The SMILES string of the molecule is C.CC(C)(C)P(c1ccccc1)c1ccccn1. The lowest BCUT2D eigenvalue weighted by atomic mass is 10.3. The molecule has 0 saturated carbocycles. The van der Waals surface area contributed by atoms with Crippen LogP contribution in [-0.4, -0.2) is 10.1 Å². The Balaban J connectivity index is 0.00000162. The van der Waals surface area contributed by atoms with Crippen LogP contribution in [0.3, 0.4) is 0 Å². The summed E-state index contributed by atoms with van der Waals surface area (Å²) in [7, 11) is -0.403. The fourth-order valence-corrected chi connectivity index (χ4v) is 4.54. The molecule has 96 valence electrons. The highest BCUT2D eigenvalue weighted by molar-refractivity contribution is 7.74. The monoisotopic (exact) mass is 259 g/mol. The zero-order valence-corrected chi connectivity index (χ0v) is 11.5. The van der Waals surface area contributed by atoms with E-state index < -0.39 is 7.92 Å². The molecule has 0 radical (unpaired) electrons. The predicted octanol–water partition coefficient (Wildman–Crippen LogP) is 3.95. The average molecular weight is 259 g/mol. The van der Waals surface area contributed by atoms with Gasteiger partial charge >= 0.3 is 0 Å². The highest BCUT2D eigenvalue weighted by Gasteiger charge is 2.28. The van der Waals surface area contributed by atoms with Crippen molar-refractivity contribution in [1.82, 2.24) is 4.98 Å². The normalized spacial score (nSPS) is 12.6. The van der Waals surface area contributed by atoms with Crippen LogP contribution in [0.15, 0.2) is 54.7 Å². The quantitative estimate of drug-likeness (QED) is 0.744. The molecule has 0 aliphatic rings. The fourth-order valence-electron chi connectivity index (χ4n) is 1.93. The highest BCUT2D eigenvalue weighted by Crippen LogP contribution is 2.46. The third-order valence-electron chi connectivity index (χ3n) is 2.56. The molecule has 1 aromatic heterocycles. The van der Waals surface area contributed by atoms with Crippen LogP contribution in [-0.2, 0) is 0 Å². The molecule has 1 nitrogen and oxygen atoms in total. The van der Waals surface area contributed by atoms with Crippen molar-refractivity contribution >= 4 is 18.7 Å². The van der Waals surface area contributed by atoms with Crippen molar-refractivity contribution in [3.05, 3.63) is 54.7 Å². The zero-order chi connectivity index (χ0) is 12.3. The first-order valence-corrected chi connectivity index (χ1v) is 7.19. The smallest absolute Gasteiger partial charge is 0.0681 e. The van der Waals surface area contributed by atoms with Crippen LogP contribution < -0.4 is 10.7 Å². The summed E-state index contributed by atoms with van der Waals surface area (Å²) in [5.41, 5.74) is 1.21. The van der Waals surface area contributed by atoms with Gasteiger partial charge in [0.25, 0.3) is 0 Å². The largest absolute Gasteiger partial charge is 0.256 e. The number of pyridine rings is 1. The van der Waals surface area contributed by atoms with E-state index in [1.165, 1.54) is 10.7 Å². The molecule has 0 fully saturated rings. The average Bonchev–Trinajstić information content (AvgIpc) is 2.30. The summed E-state index contributed by atoms with van der Waals surface area (Å²) in [6.07, 6.45) is 1.89. The maximum absolute atomic E-state index is 4.55. The van der Waals surface area contributed by atoms with Crippen LogP contribution in [0.5, 0.6) is 0 Å². The molecule has 18 heavy (non-hydrogen) atoms. The van der Waals surface area contributed by atoms with E-state index in [1.807, 2.05) is 12.3 Å². The first-order valence-electron chi connectivity index (χ1n) is 5.85. The van der Waals surface area contributed by atoms with Gasteiger partial charge in [0, 0.05) is 6.20 Å². The molecule has 0 aliphatic heterocycles. The molecule has 0 N–H and O–H groups in total. The number of benzene rings is 1. The molecule has 1 aromatic carbocycles. The van der Waals surface area contributed by atoms with Crippen molar-refractivity contribution in [2.45, 2.75) is 33.4 Å². The number of aromatic nitrogens is 1. The molecule has 2 rings (SSSR count). The van der Waals surface area contributed by atoms with Crippen molar-refractivity contribution in [1.29, 1.82) is 0 Å². The molecule has 1 atom stereocenters. The number of rotatable bonds is 2. The summed E-state index contributed by atoms with van der Waals surface area (Å²) in [5, 5.41) is 1.62. The van der Waals surface area contributed by atoms with Crippen molar-refractivity contribution in [3.8, 4) is 0 Å². The molecule has 0 bridgehead atoms. The van der Waals surface area contributed by atoms with E-state index in [4.69, 9.17) is 0 Å². The lowest BCUT2D eigenvalue weighted by Gasteiger charge is -2.31. The van der Waals surface area contributed by atoms with Crippen molar-refractivity contribution in [2.24, 2.45) is 0 Å². The van der Waals surface area contributed by atoms with Gasteiger partial charge in [-0.05, 0) is 30.5 Å². The Bertz CT molecular complexity index is 420. The Hall–Kier alpha value is -1.20. The van der Waals surface area contributed by atoms with Crippen LogP contribution in [0.25, 0.3) is 0 Å². The molecule has 1 unspecified atom stereocenters. The molecule has 2 heteroatoms. The molecule has 0 spiro atoms. The van der Waals surface area contributed by atoms with E-state index in [0.29, 0.717) is 0 Å². The number of hydrogen-bond acceptors (Lipinski definition) is 1. The van der Waals surface area contributed by atoms with Gasteiger partial charge in [0.1, 0.15) is 0 Å². The maximum Gasteiger partial charge on any atom is 0.0681 e. The van der Waals surface area contributed by atoms with E-state index in [9.17, 15) is 0 Å². The summed E-state index contributed by atoms with van der Waals surface area (Å²) in [4.78, 5) is 4.55. The van der Waals surface area contributed by atoms with Gasteiger partial charge in [0.15, 0.2) is 0 Å². The van der Waals surface area contributed by atoms with Crippen LogP contribution in [0.4, 0.5) is 0 Å². The first kappa shape index (κ1) is 14.9. The van der Waals surface area contributed by atoms with Crippen molar-refractivity contribution in [2.75, 3.05) is 0 Å². The van der Waals surface area contributed by atoms with Gasteiger partial charge in [-0.1, -0.05) is 64.6 Å². The molecule has 0 aliphatic carbocycles. The standard InChI is InChI=1S/C15H18NP.CH4/c1-15(2,3)17(13-9-5-4-6-10-13)14-11-7-8-12-16-14;/h4-12H,1-3H3;1H4. The Morgan fingerprint density at radius 3 is 2.00 bits per heavy atom. The van der Waals surface area contributed by atoms with Gasteiger partial charge in [0.2, 0.25) is 0 Å². The summed E-state index contributed by atoms with van der Waals surface area (Å²) in [6.45, 7) is 6.88. The van der Waals surface area contributed by atoms with Crippen LogP contribution in [0, 0.1) is 0 Å². The molecule has 1 heterocycles. The minimum Gasteiger partial charge on any atom is -0.256 e. The molecule has 0 saturated heterocycles. The van der Waals surface area contributed by atoms with Crippen LogP contribution in [0.2, 0.25) is 0 Å². The summed E-state index contributed by atoms with van der Waals surface area (Å²) in [6, 6.07) is 16.9. The van der Waals surface area contributed by atoms with Crippen LogP contribution in [0.1, 0.15) is 28.2 Å². The summed E-state index contributed by atoms with van der Waals surface area (Å²) >= 11 is 0. The minimum atomic E-state index is -0.403. The molecule has 2 aromatic rings. The topological polar surface area (TPSA) is 12.9 Å². The highest BCUT2D eigenvalue weighted by atomic mass is 31.1. The van der Waals surface area contributed by atoms with Crippen molar-refractivity contribution in [3.63, 3.8) is 0 Å². The third kappa shape index (κ3) is 3.40. The Morgan fingerprint density at radius 1 is 0.889 bits per heavy atom. The van der Waals surface area contributed by atoms with Gasteiger partial charge < -0.3 is 0 Å². The second-order valence-electron chi connectivity index (χ2n) is 5.03. The van der Waals surface area contributed by atoms with Gasteiger partial charge in [0.05, 0.1) is 5.44 Å². The van der Waals surface area contributed by atoms with E-state index in [2.05, 4.69) is 68.2 Å². The van der Waals surface area contributed by atoms with Gasteiger partial charge in [-0.25, -0.2) is 0 Å². The van der Waals surface area contributed by atoms with Gasteiger partial charge in [-0.2, -0.15) is 0 Å². The van der Waals surface area contributed by atoms with Gasteiger partial charge in [-0.3, -0.25) is 4.98 Å². The summed E-state index contributed by atoms with van der Waals surface area (Å²) in [5.74, 6) is 0. The molecular formula is C16H22NP. The van der Waals surface area contributed by atoms with Crippen molar-refractivity contribution < 1.29 is 0 Å². The number of nitrogens with zero attached hydrogens (tertiary/aromatic N) is 1. The van der Waals surface area contributed by atoms with E-state index in [1.54, 1.807) is 0 Å². The number of hydrogen-bond donors (Lipinski definition) is 0. The lowest BCUT2D eigenvalue weighted by molar-refractivity contribution is 0.792. The summed E-state index contributed by atoms with van der Waals surface area (Å²) < 4.78 is 0. The molecular weight excluding hydrogens is 237 g/mol.